The van der Waals surface area contributed by atoms with Crippen molar-refractivity contribution >= 4 is 22.8 Å². The van der Waals surface area contributed by atoms with E-state index in [-0.39, 0.29) is 28.8 Å². The van der Waals surface area contributed by atoms with E-state index in [0.717, 1.165) is 12.1 Å². The number of carbonyl (C=O) groups is 1. The summed E-state index contributed by atoms with van der Waals surface area (Å²) in [7, 11) is 0. The molecule has 1 heterocycles. The summed E-state index contributed by atoms with van der Waals surface area (Å²) in [6.07, 6.45) is -2.94. The molecule has 0 saturated carbocycles. The van der Waals surface area contributed by atoms with Crippen LogP contribution in [0.2, 0.25) is 0 Å². The molecule has 0 radical (unpaired) electrons. The van der Waals surface area contributed by atoms with Gasteiger partial charge in [-0.1, -0.05) is 18.2 Å². The molecule has 0 aliphatic heterocycles. The maximum absolute atomic E-state index is 11.9. The average molecular weight is 386 g/mol. The van der Waals surface area contributed by atoms with Crippen LogP contribution in [-0.2, 0) is 6.54 Å². The Hall–Kier alpha value is -3.83. The quantitative estimate of drug-likeness (QED) is 0.287. The van der Waals surface area contributed by atoms with Crippen molar-refractivity contribution in [2.75, 3.05) is 0 Å². The first-order valence-corrected chi connectivity index (χ1v) is 7.93. The highest BCUT2D eigenvalue weighted by molar-refractivity contribution is 5.81. The summed E-state index contributed by atoms with van der Waals surface area (Å²) >= 11 is 0. The molecular weight excluding hydrogens is 372 g/mol. The van der Waals surface area contributed by atoms with E-state index in [0.29, 0.717) is 5.75 Å². The highest BCUT2D eigenvalue weighted by Crippen LogP contribution is 2.23. The van der Waals surface area contributed by atoms with Crippen LogP contribution in [0.1, 0.15) is 17.5 Å². The predicted molar refractivity (Wildman–Crippen MR) is 95.5 cm³/mol. The van der Waals surface area contributed by atoms with Gasteiger partial charge in [0.15, 0.2) is 5.69 Å². The Kier molecular flexibility index (Phi) is 5.29. The number of hydrogen-bond donors (Lipinski definition) is 4. The fraction of sp³-hybridized carbons (Fsp3) is 0.118. The van der Waals surface area contributed by atoms with Crippen LogP contribution >= 0.6 is 0 Å². The molecule has 3 aromatic rings. The van der Waals surface area contributed by atoms with E-state index in [9.17, 15) is 29.9 Å². The molecule has 2 aromatic carbocycles. The van der Waals surface area contributed by atoms with Gasteiger partial charge in [0, 0.05) is 24.2 Å². The molecular formula is C17H14N4O7. The highest BCUT2D eigenvalue weighted by Gasteiger charge is 2.18. The zero-order chi connectivity index (χ0) is 20.3. The molecule has 0 saturated heterocycles. The number of hydrogen-bond acceptors (Lipinski definition) is 8. The number of fused-ring (bicyclic) bond motifs is 1. The van der Waals surface area contributed by atoms with Crippen molar-refractivity contribution in [1.82, 2.24) is 15.3 Å². The average Bonchev–Trinajstić information content (AvgIpc) is 2.65. The zero-order valence-electron chi connectivity index (χ0n) is 14.2. The molecule has 11 nitrogen and oxygen atoms in total. The largest absolute Gasteiger partial charge is 0.412 e. The first-order valence-electron chi connectivity index (χ1n) is 7.93. The van der Waals surface area contributed by atoms with E-state index in [2.05, 4.69) is 15.3 Å². The van der Waals surface area contributed by atoms with Crippen molar-refractivity contribution in [3.63, 3.8) is 0 Å². The second-order valence-electron chi connectivity index (χ2n) is 5.64. The van der Waals surface area contributed by atoms with Crippen LogP contribution in [0.15, 0.2) is 47.3 Å². The van der Waals surface area contributed by atoms with E-state index < -0.39 is 28.6 Å². The minimum atomic E-state index is -2.13. The molecule has 0 unspecified atom stereocenters. The monoisotopic (exact) mass is 386 g/mol. The van der Waals surface area contributed by atoms with Gasteiger partial charge in [-0.05, 0) is 12.1 Å². The number of rotatable bonds is 5. The van der Waals surface area contributed by atoms with Gasteiger partial charge >= 0.3 is 6.09 Å². The van der Waals surface area contributed by atoms with Crippen LogP contribution < -0.4 is 15.6 Å². The molecule has 0 atom stereocenters. The number of nitrogens with zero attached hydrogens (tertiary/aromatic N) is 2. The normalized spacial score (nSPS) is 10.8. The molecule has 11 heteroatoms. The van der Waals surface area contributed by atoms with Crippen molar-refractivity contribution in [1.29, 1.82) is 0 Å². The van der Waals surface area contributed by atoms with Crippen molar-refractivity contribution in [3.8, 4) is 5.75 Å². The molecule has 144 valence electrons. The van der Waals surface area contributed by atoms with E-state index in [4.69, 9.17) is 4.74 Å². The number of nitro groups is 1. The van der Waals surface area contributed by atoms with Gasteiger partial charge < -0.3 is 25.3 Å². The molecule has 1 aromatic heterocycles. The Morgan fingerprint density at radius 3 is 2.64 bits per heavy atom. The van der Waals surface area contributed by atoms with Crippen LogP contribution in [-0.4, -0.2) is 31.2 Å². The number of aliphatic hydroxyl groups excluding tert-OH is 1. The lowest BCUT2D eigenvalue weighted by molar-refractivity contribution is -0.384. The molecule has 4 N–H and O–H groups in total. The Bertz CT molecular complexity index is 1100. The van der Waals surface area contributed by atoms with Gasteiger partial charge in [-0.2, -0.15) is 0 Å². The van der Waals surface area contributed by atoms with E-state index in [1.807, 2.05) is 0 Å². The maximum Gasteiger partial charge on any atom is 0.412 e. The number of nitrogens with one attached hydrogen (secondary N) is 2. The van der Waals surface area contributed by atoms with Crippen LogP contribution in [0.5, 0.6) is 5.75 Å². The number of para-hydroxylation sites is 1. The van der Waals surface area contributed by atoms with E-state index >= 15 is 0 Å². The first-order chi connectivity index (χ1) is 13.3. The third kappa shape index (κ3) is 4.11. The zero-order valence-corrected chi connectivity index (χ0v) is 14.2. The standard InChI is InChI=1S/C17H14N4O7/c22-15-14(16(23)24)20-13-9(6-10(21(26)27)7-12(13)19-15)8-18-17(25)28-11-4-2-1-3-5-11/h1-7,16,23-24H,8H2,(H,18,25)(H,19,22). The van der Waals surface area contributed by atoms with Gasteiger partial charge in [0.25, 0.3) is 11.2 Å². The van der Waals surface area contributed by atoms with Gasteiger partial charge in [0.1, 0.15) is 5.75 Å². The number of amides is 1. The van der Waals surface area contributed by atoms with Crippen LogP contribution in [0, 0.1) is 10.1 Å². The van der Waals surface area contributed by atoms with Crippen molar-refractivity contribution in [2.24, 2.45) is 0 Å². The topological polar surface area (TPSA) is 168 Å². The summed E-state index contributed by atoms with van der Waals surface area (Å²) in [6.45, 7) is -0.218. The third-order valence-electron chi connectivity index (χ3n) is 3.72. The van der Waals surface area contributed by atoms with Crippen molar-refractivity contribution in [2.45, 2.75) is 12.8 Å². The fourth-order valence-electron chi connectivity index (χ4n) is 2.48. The number of aromatic nitrogens is 2. The van der Waals surface area contributed by atoms with Crippen molar-refractivity contribution < 1.29 is 24.7 Å². The second-order valence-corrected chi connectivity index (χ2v) is 5.64. The lowest BCUT2D eigenvalue weighted by atomic mass is 10.1. The lowest BCUT2D eigenvalue weighted by Gasteiger charge is -2.10. The summed E-state index contributed by atoms with van der Waals surface area (Å²) in [5, 5.41) is 32.1. The Balaban J connectivity index is 1.93. The number of H-pyrrole nitrogens is 1. The SMILES string of the molecule is O=C(NCc1cc([N+](=O)[O-])cc2[nH]c(=O)c(C(O)O)nc12)Oc1ccccc1. The molecule has 1 amide bonds. The molecule has 0 aliphatic rings. The Morgan fingerprint density at radius 1 is 1.29 bits per heavy atom. The Morgan fingerprint density at radius 2 is 2.00 bits per heavy atom. The number of non-ortho nitro benzene ring substituents is 1. The number of nitro benzene ring substituents is 1. The van der Waals surface area contributed by atoms with Crippen LogP contribution in [0.4, 0.5) is 10.5 Å². The minimum Gasteiger partial charge on any atom is -0.410 e. The molecule has 3 rings (SSSR count). The fourth-order valence-corrected chi connectivity index (χ4v) is 2.48. The molecule has 0 bridgehead atoms. The maximum atomic E-state index is 11.9. The molecule has 0 fully saturated rings. The summed E-state index contributed by atoms with van der Waals surface area (Å²) in [4.78, 5) is 40.4. The van der Waals surface area contributed by atoms with E-state index in [1.54, 1.807) is 30.3 Å². The smallest absolute Gasteiger partial charge is 0.410 e. The Labute approximate surface area is 156 Å². The van der Waals surface area contributed by atoms with Gasteiger partial charge in [0.2, 0.25) is 6.29 Å². The molecule has 28 heavy (non-hydrogen) atoms. The predicted octanol–water partition coefficient (Wildman–Crippen LogP) is 1.10. The van der Waals surface area contributed by atoms with Gasteiger partial charge in [0.05, 0.1) is 16.0 Å². The summed E-state index contributed by atoms with van der Waals surface area (Å²) < 4.78 is 5.06. The summed E-state index contributed by atoms with van der Waals surface area (Å²) in [5.41, 5.74) is -1.56. The lowest BCUT2D eigenvalue weighted by Crippen LogP contribution is -2.27. The van der Waals surface area contributed by atoms with Crippen LogP contribution in [0.25, 0.3) is 11.0 Å². The number of aromatic amines is 1. The molecule has 0 spiro atoms. The molecule has 0 aliphatic carbocycles. The highest BCUT2D eigenvalue weighted by atomic mass is 16.6. The number of benzene rings is 2. The van der Waals surface area contributed by atoms with Crippen LogP contribution in [0.3, 0.4) is 0 Å². The second kappa shape index (κ2) is 7.82. The minimum absolute atomic E-state index is 0.0110. The first kappa shape index (κ1) is 18.9. The summed E-state index contributed by atoms with van der Waals surface area (Å²) in [5.74, 6) is 0.303. The van der Waals surface area contributed by atoms with Gasteiger partial charge in [-0.15, -0.1) is 0 Å². The number of carbonyl (C=O) groups excluding carboxylic acids is 1. The van der Waals surface area contributed by atoms with Crippen molar-refractivity contribution in [3.05, 3.63) is 74.2 Å². The summed E-state index contributed by atoms with van der Waals surface area (Å²) in [6, 6.07) is 10.5. The van der Waals surface area contributed by atoms with Gasteiger partial charge in [-0.25, -0.2) is 9.78 Å². The number of ether oxygens (including phenoxy) is 1. The van der Waals surface area contributed by atoms with Gasteiger partial charge in [-0.3, -0.25) is 14.9 Å². The van der Waals surface area contributed by atoms with E-state index in [1.165, 1.54) is 0 Å². The third-order valence-corrected chi connectivity index (χ3v) is 3.72. The number of aliphatic hydroxyl groups is 2.